The van der Waals surface area contributed by atoms with Crippen LogP contribution in [0, 0.1) is 6.92 Å². The van der Waals surface area contributed by atoms with Crippen molar-refractivity contribution in [3.63, 3.8) is 0 Å². The van der Waals surface area contributed by atoms with Gasteiger partial charge in [-0.05, 0) is 13.8 Å². The van der Waals surface area contributed by atoms with Crippen LogP contribution in [0.3, 0.4) is 0 Å². The molecule has 0 bridgehead atoms. The molecule has 2 rings (SSSR count). The fourth-order valence-corrected chi connectivity index (χ4v) is 3.16. The first-order valence-electron chi connectivity index (χ1n) is 5.47. The average molecular weight is 272 g/mol. The minimum absolute atomic E-state index is 0.243. The van der Waals surface area contributed by atoms with Crippen LogP contribution in [-0.2, 0) is 0 Å². The molecular formula is C11H14ClN3OS. The molecule has 0 aromatic carbocycles. The van der Waals surface area contributed by atoms with E-state index < -0.39 is 0 Å². The Kier molecular flexibility index (Phi) is 3.89. The number of hydrogen-bond donors (Lipinski definition) is 0. The number of rotatable bonds is 2. The molecular weight excluding hydrogens is 258 g/mol. The smallest absolute Gasteiger partial charge is 0.156 e. The summed E-state index contributed by atoms with van der Waals surface area (Å²) in [7, 11) is 0. The lowest BCUT2D eigenvalue weighted by atomic mass is 10.2. The van der Waals surface area contributed by atoms with Gasteiger partial charge in [-0.15, -0.1) is 0 Å². The zero-order chi connectivity index (χ0) is 12.4. The van der Waals surface area contributed by atoms with Crippen molar-refractivity contribution in [2.75, 3.05) is 23.0 Å². The van der Waals surface area contributed by atoms with Gasteiger partial charge in [-0.2, -0.15) is 11.8 Å². The van der Waals surface area contributed by atoms with Crippen LogP contribution >= 0.6 is 23.4 Å². The number of nitrogens with zero attached hydrogens (tertiary/aromatic N) is 3. The normalized spacial score (nSPS) is 20.4. The Morgan fingerprint density at radius 2 is 2.29 bits per heavy atom. The van der Waals surface area contributed by atoms with Crippen LogP contribution in [-0.4, -0.2) is 40.3 Å². The Hall–Kier alpha value is -0.810. The minimum Gasteiger partial charge on any atom is -0.352 e. The number of thioether (sulfide) groups is 1. The SMILES string of the molecule is Cc1nc(Cl)c(C=O)c(N2CCSCC2C)n1. The third kappa shape index (κ3) is 2.55. The van der Waals surface area contributed by atoms with Gasteiger partial charge in [0.1, 0.15) is 16.8 Å². The Morgan fingerprint density at radius 1 is 1.53 bits per heavy atom. The summed E-state index contributed by atoms with van der Waals surface area (Å²) in [6, 6.07) is 0.359. The van der Waals surface area contributed by atoms with Crippen molar-refractivity contribution >= 4 is 35.5 Å². The van der Waals surface area contributed by atoms with Gasteiger partial charge in [-0.25, -0.2) is 9.97 Å². The number of halogens is 1. The molecule has 1 atom stereocenters. The third-order valence-corrected chi connectivity index (χ3v) is 4.23. The highest BCUT2D eigenvalue weighted by Gasteiger charge is 2.24. The second-order valence-electron chi connectivity index (χ2n) is 4.03. The van der Waals surface area contributed by atoms with Gasteiger partial charge in [0, 0.05) is 24.1 Å². The van der Waals surface area contributed by atoms with Gasteiger partial charge >= 0.3 is 0 Å². The van der Waals surface area contributed by atoms with Crippen molar-refractivity contribution in [3.8, 4) is 0 Å². The standard InChI is InChI=1S/C11H14ClN3OS/c1-7-6-17-4-3-15(7)11-9(5-16)10(12)13-8(2)14-11/h5,7H,3-4,6H2,1-2H3. The second-order valence-corrected chi connectivity index (χ2v) is 5.54. The van der Waals surface area contributed by atoms with Crippen molar-refractivity contribution in [2.24, 2.45) is 0 Å². The van der Waals surface area contributed by atoms with E-state index >= 15 is 0 Å². The van der Waals surface area contributed by atoms with Gasteiger partial charge < -0.3 is 4.90 Å². The van der Waals surface area contributed by atoms with E-state index in [4.69, 9.17) is 11.6 Å². The van der Waals surface area contributed by atoms with Crippen LogP contribution in [0.2, 0.25) is 5.15 Å². The summed E-state index contributed by atoms with van der Waals surface area (Å²) in [5.41, 5.74) is 0.399. The first-order chi connectivity index (χ1) is 8.13. The van der Waals surface area contributed by atoms with Crippen molar-refractivity contribution in [3.05, 3.63) is 16.5 Å². The molecule has 0 radical (unpaired) electrons. The second kappa shape index (κ2) is 5.23. The van der Waals surface area contributed by atoms with Crippen LogP contribution in [0.4, 0.5) is 5.82 Å². The predicted octanol–water partition coefficient (Wildman–Crippen LogP) is 2.19. The van der Waals surface area contributed by atoms with Gasteiger partial charge in [-0.1, -0.05) is 11.6 Å². The molecule has 1 fully saturated rings. The Labute approximate surface area is 110 Å². The van der Waals surface area contributed by atoms with E-state index in [0.29, 0.717) is 23.2 Å². The zero-order valence-corrected chi connectivity index (χ0v) is 11.4. The molecule has 1 aliphatic heterocycles. The van der Waals surface area contributed by atoms with E-state index in [1.165, 1.54) is 0 Å². The molecule has 1 saturated heterocycles. The minimum atomic E-state index is 0.243. The lowest BCUT2D eigenvalue weighted by molar-refractivity contribution is 0.112. The van der Waals surface area contributed by atoms with E-state index in [9.17, 15) is 4.79 Å². The molecule has 1 unspecified atom stereocenters. The number of carbonyl (C=O) groups is 1. The monoisotopic (exact) mass is 271 g/mol. The summed E-state index contributed by atoms with van der Waals surface area (Å²) in [6.07, 6.45) is 0.742. The maximum atomic E-state index is 11.1. The maximum absolute atomic E-state index is 11.1. The largest absolute Gasteiger partial charge is 0.352 e. The summed E-state index contributed by atoms with van der Waals surface area (Å²) in [5.74, 6) is 3.36. The lowest BCUT2D eigenvalue weighted by Gasteiger charge is -2.34. The van der Waals surface area contributed by atoms with Gasteiger partial charge in [0.25, 0.3) is 0 Å². The van der Waals surface area contributed by atoms with Crippen LogP contribution in [0.25, 0.3) is 0 Å². The molecule has 0 aliphatic carbocycles. The topological polar surface area (TPSA) is 46.1 Å². The fraction of sp³-hybridized carbons (Fsp3) is 0.545. The number of hydrogen-bond acceptors (Lipinski definition) is 5. The molecule has 17 heavy (non-hydrogen) atoms. The highest BCUT2D eigenvalue weighted by atomic mass is 35.5. The summed E-state index contributed by atoms with van der Waals surface area (Å²) < 4.78 is 0. The van der Waals surface area contributed by atoms with E-state index in [0.717, 1.165) is 24.3 Å². The van der Waals surface area contributed by atoms with Gasteiger partial charge in [-0.3, -0.25) is 4.79 Å². The van der Waals surface area contributed by atoms with Crippen LogP contribution in [0.1, 0.15) is 23.1 Å². The zero-order valence-electron chi connectivity index (χ0n) is 9.81. The van der Waals surface area contributed by atoms with Gasteiger partial charge in [0.05, 0.1) is 5.56 Å². The molecule has 1 aromatic rings. The number of carbonyl (C=O) groups excluding carboxylic acids is 1. The van der Waals surface area contributed by atoms with Crippen molar-refractivity contribution in [1.82, 2.24) is 9.97 Å². The summed E-state index contributed by atoms with van der Waals surface area (Å²) in [4.78, 5) is 21.6. The Bertz CT molecular complexity index is 441. The first-order valence-corrected chi connectivity index (χ1v) is 7.00. The quantitative estimate of drug-likeness (QED) is 0.610. The van der Waals surface area contributed by atoms with Crippen molar-refractivity contribution in [1.29, 1.82) is 0 Å². The van der Waals surface area contributed by atoms with E-state index in [1.54, 1.807) is 6.92 Å². The number of anilines is 1. The van der Waals surface area contributed by atoms with E-state index in [-0.39, 0.29) is 5.15 Å². The summed E-state index contributed by atoms with van der Waals surface area (Å²) >= 11 is 7.90. The van der Waals surface area contributed by atoms with E-state index in [2.05, 4.69) is 21.8 Å². The Morgan fingerprint density at radius 3 is 2.94 bits per heavy atom. The fourth-order valence-electron chi connectivity index (χ4n) is 1.90. The molecule has 0 N–H and O–H groups in total. The van der Waals surface area contributed by atoms with Crippen LogP contribution in [0.5, 0.6) is 0 Å². The first kappa shape index (κ1) is 12.6. The maximum Gasteiger partial charge on any atom is 0.156 e. The van der Waals surface area contributed by atoms with Crippen LogP contribution < -0.4 is 4.90 Å². The van der Waals surface area contributed by atoms with Crippen molar-refractivity contribution in [2.45, 2.75) is 19.9 Å². The molecule has 1 aromatic heterocycles. The van der Waals surface area contributed by atoms with Crippen molar-refractivity contribution < 1.29 is 4.79 Å². The molecule has 2 heterocycles. The number of aldehydes is 1. The number of aryl methyl sites for hydroxylation is 1. The average Bonchev–Trinajstić information content (AvgIpc) is 2.28. The predicted molar refractivity (Wildman–Crippen MR) is 71.3 cm³/mol. The molecule has 6 heteroatoms. The number of aromatic nitrogens is 2. The molecule has 92 valence electrons. The highest BCUT2D eigenvalue weighted by molar-refractivity contribution is 7.99. The summed E-state index contributed by atoms with van der Waals surface area (Å²) in [5, 5.41) is 0.243. The molecule has 0 saturated carbocycles. The van der Waals surface area contributed by atoms with Gasteiger partial charge in [0.15, 0.2) is 6.29 Å². The molecule has 0 amide bonds. The highest BCUT2D eigenvalue weighted by Crippen LogP contribution is 2.27. The van der Waals surface area contributed by atoms with E-state index in [1.807, 2.05) is 11.8 Å². The third-order valence-electron chi connectivity index (χ3n) is 2.75. The summed E-state index contributed by atoms with van der Waals surface area (Å²) in [6.45, 7) is 4.80. The molecule has 0 spiro atoms. The molecule has 1 aliphatic rings. The lowest BCUT2D eigenvalue weighted by Crippen LogP contribution is -2.41. The Balaban J connectivity index is 2.45. The van der Waals surface area contributed by atoms with Crippen LogP contribution in [0.15, 0.2) is 0 Å². The van der Waals surface area contributed by atoms with Gasteiger partial charge in [0.2, 0.25) is 0 Å². The molecule has 4 nitrogen and oxygen atoms in total.